The van der Waals surface area contributed by atoms with E-state index < -0.39 is 21.4 Å². The van der Waals surface area contributed by atoms with Crippen molar-refractivity contribution in [3.8, 4) is 0 Å². The molecule has 34 heavy (non-hydrogen) atoms. The van der Waals surface area contributed by atoms with Crippen LogP contribution in [0.5, 0.6) is 0 Å². The molecule has 0 spiro atoms. The van der Waals surface area contributed by atoms with Gasteiger partial charge >= 0.3 is 5.97 Å². The molecule has 1 N–H and O–H groups in total. The van der Waals surface area contributed by atoms with Crippen molar-refractivity contribution < 1.29 is 18.6 Å². The minimum Gasteiger partial charge on any atom is -0.460 e. The monoisotopic (exact) mass is 488 g/mol. The molecule has 3 aliphatic heterocycles. The van der Waals surface area contributed by atoms with Gasteiger partial charge in [0.15, 0.2) is 0 Å². The Kier molecular flexibility index (Phi) is 7.05. The van der Waals surface area contributed by atoms with Crippen molar-refractivity contribution in [2.75, 3.05) is 31.6 Å². The first-order valence-electron chi connectivity index (χ1n) is 11.9. The first-order valence-corrected chi connectivity index (χ1v) is 13.9. The molecular formula is C25H36N4O4S. The van der Waals surface area contributed by atoms with Crippen LogP contribution in [0.3, 0.4) is 0 Å². The summed E-state index contributed by atoms with van der Waals surface area (Å²) in [6, 6.07) is 6.17. The van der Waals surface area contributed by atoms with Crippen LogP contribution < -0.4 is 5.48 Å². The third kappa shape index (κ3) is 5.99. The van der Waals surface area contributed by atoms with Crippen molar-refractivity contribution in [2.45, 2.75) is 51.9 Å². The number of guanidine groups is 1. The summed E-state index contributed by atoms with van der Waals surface area (Å²) >= 11 is 0. The maximum absolute atomic E-state index is 12.4. The molecule has 3 heterocycles. The number of carbonyl (C=O) groups excluding carboxylic acids is 1. The number of benzene rings is 1. The number of carbonyl (C=O) groups is 1. The molecule has 186 valence electrons. The largest absolute Gasteiger partial charge is 0.460 e. The van der Waals surface area contributed by atoms with Crippen LogP contribution in [0.1, 0.15) is 56.5 Å². The Hall–Kier alpha value is -2.39. The maximum Gasteiger partial charge on any atom is 0.309 e. The predicted octanol–water partition coefficient (Wildman–Crippen LogP) is 2.57. The number of rotatable bonds is 5. The highest BCUT2D eigenvalue weighted by molar-refractivity contribution is 8.01. The van der Waals surface area contributed by atoms with Crippen LogP contribution in [-0.2, 0) is 30.3 Å². The SMILES string of the molecule is C=S1(=O)CC(Cc2cc(C3N=C(N4CCC(C(=O)OC(C)(C)C)CC4)NO3)ccc2C=NC)C1. The van der Waals surface area contributed by atoms with E-state index >= 15 is 0 Å². The van der Waals surface area contributed by atoms with Gasteiger partial charge in [-0.3, -0.25) is 14.0 Å². The quantitative estimate of drug-likeness (QED) is 0.389. The van der Waals surface area contributed by atoms with Crippen molar-refractivity contribution in [1.82, 2.24) is 10.4 Å². The second-order valence-corrected chi connectivity index (χ2v) is 13.1. The summed E-state index contributed by atoms with van der Waals surface area (Å²) in [5, 5.41) is 0. The predicted molar refractivity (Wildman–Crippen MR) is 137 cm³/mol. The molecule has 0 saturated carbocycles. The van der Waals surface area contributed by atoms with Crippen molar-refractivity contribution in [3.05, 3.63) is 34.9 Å². The molecular weight excluding hydrogens is 452 g/mol. The number of ether oxygens (including phenoxy) is 1. The minimum absolute atomic E-state index is 0.0796. The molecule has 0 bridgehead atoms. The van der Waals surface area contributed by atoms with Gasteiger partial charge in [0.2, 0.25) is 12.2 Å². The fourth-order valence-corrected chi connectivity index (χ4v) is 6.59. The Labute approximate surface area is 202 Å². The van der Waals surface area contributed by atoms with Gasteiger partial charge < -0.3 is 9.64 Å². The number of hydrogen-bond acceptors (Lipinski definition) is 8. The highest BCUT2D eigenvalue weighted by Gasteiger charge is 2.33. The fourth-order valence-electron chi connectivity index (χ4n) is 4.73. The molecule has 3 aliphatic rings. The molecule has 1 unspecified atom stereocenters. The Morgan fingerprint density at radius 1 is 1.35 bits per heavy atom. The molecule has 1 aromatic rings. The molecule has 0 aromatic heterocycles. The average Bonchev–Trinajstić information content (AvgIpc) is 3.23. The fraction of sp³-hybridized carbons (Fsp3) is 0.600. The summed E-state index contributed by atoms with van der Waals surface area (Å²) in [6.45, 7) is 7.12. The van der Waals surface area contributed by atoms with Gasteiger partial charge in [-0.2, -0.15) is 0 Å². The Morgan fingerprint density at radius 3 is 2.68 bits per heavy atom. The highest BCUT2D eigenvalue weighted by Crippen LogP contribution is 2.29. The molecule has 4 rings (SSSR count). The van der Waals surface area contributed by atoms with Gasteiger partial charge in [0.05, 0.1) is 5.92 Å². The summed E-state index contributed by atoms with van der Waals surface area (Å²) in [6.07, 6.45) is 3.72. The lowest BCUT2D eigenvalue weighted by Gasteiger charge is -2.32. The van der Waals surface area contributed by atoms with E-state index in [1.165, 1.54) is 0 Å². The van der Waals surface area contributed by atoms with Crippen molar-refractivity contribution in [3.63, 3.8) is 0 Å². The first-order chi connectivity index (χ1) is 16.0. The van der Waals surface area contributed by atoms with Crippen LogP contribution in [-0.4, -0.2) is 70.4 Å². The van der Waals surface area contributed by atoms with Gasteiger partial charge in [-0.25, -0.2) is 15.3 Å². The zero-order valence-electron chi connectivity index (χ0n) is 20.6. The van der Waals surface area contributed by atoms with E-state index in [0.717, 1.165) is 49.0 Å². The Bertz CT molecular complexity index is 1070. The van der Waals surface area contributed by atoms with Gasteiger partial charge in [-0.1, -0.05) is 18.2 Å². The smallest absolute Gasteiger partial charge is 0.309 e. The molecule has 0 amide bonds. The van der Waals surface area contributed by atoms with Gasteiger partial charge in [-0.15, -0.1) is 0 Å². The number of hydrogen-bond donors (Lipinski definition) is 1. The summed E-state index contributed by atoms with van der Waals surface area (Å²) < 4.78 is 17.6. The first kappa shape index (κ1) is 24.7. The third-order valence-electron chi connectivity index (χ3n) is 6.34. The van der Waals surface area contributed by atoms with E-state index in [-0.39, 0.29) is 11.9 Å². The third-order valence-corrected chi connectivity index (χ3v) is 8.50. The van der Waals surface area contributed by atoms with E-state index in [1.54, 1.807) is 7.05 Å². The van der Waals surface area contributed by atoms with Crippen LogP contribution in [0.15, 0.2) is 28.2 Å². The van der Waals surface area contributed by atoms with Crippen LogP contribution in [0.25, 0.3) is 0 Å². The van der Waals surface area contributed by atoms with Gasteiger partial charge in [0.25, 0.3) is 0 Å². The number of nitrogens with zero attached hydrogens (tertiary/aromatic N) is 3. The number of nitrogens with one attached hydrogen (secondary N) is 1. The number of piperidine rings is 1. The molecule has 0 radical (unpaired) electrons. The number of aliphatic imine (C=N–C) groups is 2. The summed E-state index contributed by atoms with van der Waals surface area (Å²) in [5.74, 6) is 6.07. The van der Waals surface area contributed by atoms with Crippen molar-refractivity contribution >= 4 is 33.5 Å². The van der Waals surface area contributed by atoms with Crippen molar-refractivity contribution in [1.29, 1.82) is 0 Å². The number of esters is 1. The molecule has 1 atom stereocenters. The van der Waals surface area contributed by atoms with E-state index in [4.69, 9.17) is 14.6 Å². The van der Waals surface area contributed by atoms with E-state index in [0.29, 0.717) is 23.4 Å². The normalized spacial score (nSPS) is 27.9. The number of hydroxylamine groups is 1. The van der Waals surface area contributed by atoms with E-state index in [9.17, 15) is 9.00 Å². The Balaban J connectivity index is 1.40. The zero-order valence-corrected chi connectivity index (χ0v) is 21.4. The second-order valence-electron chi connectivity index (χ2n) is 10.5. The average molecular weight is 489 g/mol. The maximum atomic E-state index is 12.4. The van der Waals surface area contributed by atoms with Crippen LogP contribution in [0.4, 0.5) is 0 Å². The van der Waals surface area contributed by atoms with Crippen LogP contribution in [0.2, 0.25) is 0 Å². The van der Waals surface area contributed by atoms with Gasteiger partial charge in [0, 0.05) is 43.4 Å². The summed E-state index contributed by atoms with van der Waals surface area (Å²) in [4.78, 5) is 29.3. The van der Waals surface area contributed by atoms with Crippen molar-refractivity contribution in [2.24, 2.45) is 21.8 Å². The summed E-state index contributed by atoms with van der Waals surface area (Å²) in [5.41, 5.74) is 5.70. The topological polar surface area (TPSA) is 92.6 Å². The Morgan fingerprint density at radius 2 is 2.06 bits per heavy atom. The van der Waals surface area contributed by atoms with E-state index in [1.807, 2.05) is 39.1 Å². The standard InChI is InChI=1S/C25H36N4O4S/c1-25(2,3)32-23(30)18-8-10-29(11-9-18)24-27-22(33-28-24)19-6-7-20(14-26-4)21(13-19)12-17-15-34(5,31)16-17/h6-7,13-14,17-18,22H,5,8-12,15-16H2,1-4H3,(H,27,28). The molecule has 9 heteroatoms. The lowest BCUT2D eigenvalue weighted by Crippen LogP contribution is -2.45. The molecule has 0 aliphatic carbocycles. The number of likely N-dealkylation sites (tertiary alicyclic amines) is 1. The molecule has 1 aromatic carbocycles. The summed E-state index contributed by atoms with van der Waals surface area (Å²) in [7, 11) is -0.104. The highest BCUT2D eigenvalue weighted by atomic mass is 32.2. The van der Waals surface area contributed by atoms with Gasteiger partial charge in [0.1, 0.15) is 5.60 Å². The van der Waals surface area contributed by atoms with Crippen LogP contribution >= 0.6 is 0 Å². The lowest BCUT2D eigenvalue weighted by atomic mass is 9.95. The van der Waals surface area contributed by atoms with Gasteiger partial charge in [-0.05, 0) is 72.5 Å². The lowest BCUT2D eigenvalue weighted by molar-refractivity contribution is -0.161. The molecule has 2 saturated heterocycles. The minimum atomic E-state index is -1.86. The van der Waals surface area contributed by atoms with Crippen LogP contribution in [0, 0.1) is 11.8 Å². The molecule has 2 fully saturated rings. The zero-order chi connectivity index (χ0) is 24.5. The molecule has 8 nitrogen and oxygen atoms in total. The second kappa shape index (κ2) is 9.70. The van der Waals surface area contributed by atoms with E-state index in [2.05, 4.69) is 27.3 Å².